The number of hydrogen-bond donors (Lipinski definition) is 1. The second-order valence-electron chi connectivity index (χ2n) is 5.90. The molecule has 0 saturated carbocycles. The molecule has 0 aliphatic carbocycles. The third kappa shape index (κ3) is 4.26. The van der Waals surface area contributed by atoms with E-state index in [0.29, 0.717) is 28.6 Å². The van der Waals surface area contributed by atoms with Crippen LogP contribution in [0.1, 0.15) is 16.8 Å². The van der Waals surface area contributed by atoms with Gasteiger partial charge < -0.3 is 10.2 Å². The minimum absolute atomic E-state index is 0.101. The van der Waals surface area contributed by atoms with E-state index in [1.165, 1.54) is 12.4 Å². The van der Waals surface area contributed by atoms with Crippen molar-refractivity contribution >= 4 is 39.0 Å². The van der Waals surface area contributed by atoms with E-state index in [1.807, 2.05) is 0 Å². The average molecular weight is 381 g/mol. The van der Waals surface area contributed by atoms with Crippen molar-refractivity contribution in [2.45, 2.75) is 12.5 Å². The molecule has 1 unspecified atom stereocenters. The molecule has 0 bridgehead atoms. The Hall–Kier alpha value is -2.19. The minimum Gasteiger partial charge on any atom is -0.340 e. The standard InChI is InChI=1S/C16H17ClN4O3S/c1-21(14-5-6-25(23,24)10-14)16-18-8-11(9-19-16)15(22)20-13-4-2-3-12(17)7-13/h2-4,7-9,14H,5-6,10H2,1H3,(H,20,22). The Morgan fingerprint density at radius 1 is 1.32 bits per heavy atom. The molecule has 1 aromatic carbocycles. The number of rotatable bonds is 4. The van der Waals surface area contributed by atoms with Crippen LogP contribution in [-0.4, -0.2) is 48.9 Å². The van der Waals surface area contributed by atoms with E-state index in [-0.39, 0.29) is 23.5 Å². The Morgan fingerprint density at radius 2 is 2.04 bits per heavy atom. The maximum absolute atomic E-state index is 12.2. The van der Waals surface area contributed by atoms with Gasteiger partial charge in [-0.1, -0.05) is 17.7 Å². The van der Waals surface area contributed by atoms with Crippen molar-refractivity contribution in [1.82, 2.24) is 9.97 Å². The van der Waals surface area contributed by atoms with E-state index >= 15 is 0 Å². The monoisotopic (exact) mass is 380 g/mol. The smallest absolute Gasteiger partial charge is 0.258 e. The zero-order chi connectivity index (χ0) is 18.0. The van der Waals surface area contributed by atoms with E-state index in [2.05, 4.69) is 15.3 Å². The predicted molar refractivity (Wildman–Crippen MR) is 96.9 cm³/mol. The van der Waals surface area contributed by atoms with Crippen molar-refractivity contribution in [3.8, 4) is 0 Å². The number of nitrogens with one attached hydrogen (secondary N) is 1. The van der Waals surface area contributed by atoms with Crippen molar-refractivity contribution in [2.24, 2.45) is 0 Å². The SMILES string of the molecule is CN(c1ncc(C(=O)Nc2cccc(Cl)c2)cn1)C1CCS(=O)(=O)C1. The quantitative estimate of drug-likeness (QED) is 0.872. The van der Waals surface area contributed by atoms with Crippen molar-refractivity contribution in [3.63, 3.8) is 0 Å². The fourth-order valence-electron chi connectivity index (χ4n) is 2.63. The van der Waals surface area contributed by atoms with Gasteiger partial charge in [0.25, 0.3) is 5.91 Å². The summed E-state index contributed by atoms with van der Waals surface area (Å²) in [4.78, 5) is 22.3. The van der Waals surface area contributed by atoms with Crippen LogP contribution in [0.25, 0.3) is 0 Å². The van der Waals surface area contributed by atoms with E-state index in [1.54, 1.807) is 36.2 Å². The number of anilines is 2. The maximum atomic E-state index is 12.2. The molecule has 25 heavy (non-hydrogen) atoms. The summed E-state index contributed by atoms with van der Waals surface area (Å²) in [5.74, 6) is 0.327. The van der Waals surface area contributed by atoms with Crippen LogP contribution in [0.2, 0.25) is 5.02 Å². The number of sulfone groups is 1. The van der Waals surface area contributed by atoms with E-state index in [0.717, 1.165) is 0 Å². The van der Waals surface area contributed by atoms with Gasteiger partial charge in [0.2, 0.25) is 5.95 Å². The molecule has 3 rings (SSSR count). The Bertz CT molecular complexity index is 887. The second-order valence-corrected chi connectivity index (χ2v) is 8.57. The van der Waals surface area contributed by atoms with Gasteiger partial charge in [-0.25, -0.2) is 18.4 Å². The van der Waals surface area contributed by atoms with Crippen LogP contribution in [0.4, 0.5) is 11.6 Å². The van der Waals surface area contributed by atoms with Gasteiger partial charge >= 0.3 is 0 Å². The molecule has 1 aromatic heterocycles. The first kappa shape index (κ1) is 17.6. The Balaban J connectivity index is 1.68. The molecule has 2 heterocycles. The first-order valence-corrected chi connectivity index (χ1v) is 9.86. The molecule has 2 aromatic rings. The second kappa shape index (κ2) is 6.97. The van der Waals surface area contributed by atoms with Gasteiger partial charge in [0.05, 0.1) is 17.1 Å². The van der Waals surface area contributed by atoms with Crippen LogP contribution in [0.15, 0.2) is 36.7 Å². The number of carbonyl (C=O) groups excluding carboxylic acids is 1. The molecule has 1 aliphatic rings. The van der Waals surface area contributed by atoms with Gasteiger partial charge in [0.15, 0.2) is 9.84 Å². The zero-order valence-corrected chi connectivity index (χ0v) is 15.1. The number of halogens is 1. The molecule has 0 spiro atoms. The summed E-state index contributed by atoms with van der Waals surface area (Å²) in [5.41, 5.74) is 0.881. The molecule has 1 saturated heterocycles. The summed E-state index contributed by atoms with van der Waals surface area (Å²) in [6, 6.07) is 6.68. The maximum Gasteiger partial charge on any atom is 0.258 e. The minimum atomic E-state index is -2.98. The van der Waals surface area contributed by atoms with Gasteiger partial charge in [-0.05, 0) is 24.6 Å². The van der Waals surface area contributed by atoms with E-state index in [9.17, 15) is 13.2 Å². The molecule has 132 valence electrons. The van der Waals surface area contributed by atoms with Gasteiger partial charge in [-0.15, -0.1) is 0 Å². The number of amides is 1. The van der Waals surface area contributed by atoms with Crippen LogP contribution in [0, 0.1) is 0 Å². The van der Waals surface area contributed by atoms with Crippen molar-refractivity contribution in [3.05, 3.63) is 47.2 Å². The summed E-state index contributed by atoms with van der Waals surface area (Å²) < 4.78 is 23.2. The topological polar surface area (TPSA) is 92.3 Å². The lowest BCUT2D eigenvalue weighted by atomic mass is 10.2. The third-order valence-electron chi connectivity index (χ3n) is 4.05. The molecule has 1 aliphatic heterocycles. The highest BCUT2D eigenvalue weighted by Crippen LogP contribution is 2.20. The lowest BCUT2D eigenvalue weighted by Crippen LogP contribution is -2.34. The lowest BCUT2D eigenvalue weighted by molar-refractivity contribution is 0.102. The van der Waals surface area contributed by atoms with Crippen LogP contribution >= 0.6 is 11.6 Å². The van der Waals surface area contributed by atoms with Crippen LogP contribution < -0.4 is 10.2 Å². The van der Waals surface area contributed by atoms with Crippen LogP contribution in [0.3, 0.4) is 0 Å². The molecule has 1 atom stereocenters. The molecule has 1 fully saturated rings. The summed E-state index contributed by atoms with van der Waals surface area (Å²) in [5, 5.41) is 3.24. The summed E-state index contributed by atoms with van der Waals surface area (Å²) >= 11 is 5.89. The normalized spacial score (nSPS) is 18.7. The first-order chi connectivity index (χ1) is 11.8. The number of nitrogens with zero attached hydrogens (tertiary/aromatic N) is 3. The predicted octanol–water partition coefficient (Wildman–Crippen LogP) is 2.01. The largest absolute Gasteiger partial charge is 0.340 e. The summed E-state index contributed by atoms with van der Waals surface area (Å²) in [6.45, 7) is 0. The Kier molecular flexibility index (Phi) is 4.91. The van der Waals surface area contributed by atoms with Crippen molar-refractivity contribution < 1.29 is 13.2 Å². The van der Waals surface area contributed by atoms with Crippen LogP contribution in [-0.2, 0) is 9.84 Å². The number of hydrogen-bond acceptors (Lipinski definition) is 6. The number of aromatic nitrogens is 2. The highest BCUT2D eigenvalue weighted by Gasteiger charge is 2.31. The molecule has 9 heteroatoms. The zero-order valence-electron chi connectivity index (χ0n) is 13.5. The molecular weight excluding hydrogens is 364 g/mol. The third-order valence-corrected chi connectivity index (χ3v) is 6.04. The lowest BCUT2D eigenvalue weighted by Gasteiger charge is -2.23. The molecule has 7 nitrogen and oxygen atoms in total. The highest BCUT2D eigenvalue weighted by atomic mass is 35.5. The summed E-state index contributed by atoms with van der Waals surface area (Å²) in [7, 11) is -1.22. The van der Waals surface area contributed by atoms with Gasteiger partial charge in [0, 0.05) is 36.2 Å². The Morgan fingerprint density at radius 3 is 2.64 bits per heavy atom. The first-order valence-electron chi connectivity index (χ1n) is 7.66. The molecular formula is C16H17ClN4O3S. The number of carbonyl (C=O) groups is 1. The summed E-state index contributed by atoms with van der Waals surface area (Å²) in [6.07, 6.45) is 3.39. The van der Waals surface area contributed by atoms with Gasteiger partial charge in [-0.3, -0.25) is 4.79 Å². The molecule has 0 radical (unpaired) electrons. The fourth-order valence-corrected chi connectivity index (χ4v) is 4.60. The van der Waals surface area contributed by atoms with Crippen molar-refractivity contribution in [1.29, 1.82) is 0 Å². The van der Waals surface area contributed by atoms with Crippen LogP contribution in [0.5, 0.6) is 0 Å². The fraction of sp³-hybridized carbons (Fsp3) is 0.312. The van der Waals surface area contributed by atoms with Gasteiger partial charge in [0.1, 0.15) is 0 Å². The van der Waals surface area contributed by atoms with Crippen molar-refractivity contribution in [2.75, 3.05) is 28.8 Å². The van der Waals surface area contributed by atoms with Gasteiger partial charge in [-0.2, -0.15) is 0 Å². The highest BCUT2D eigenvalue weighted by molar-refractivity contribution is 7.91. The van der Waals surface area contributed by atoms with E-state index in [4.69, 9.17) is 11.6 Å². The molecule has 1 N–H and O–H groups in total. The van der Waals surface area contributed by atoms with E-state index < -0.39 is 9.84 Å². The molecule has 1 amide bonds. The Labute approximate surface area is 151 Å². The number of benzene rings is 1. The average Bonchev–Trinajstić information content (AvgIpc) is 2.94.